The van der Waals surface area contributed by atoms with Crippen molar-refractivity contribution >= 4 is 23.4 Å². The first kappa shape index (κ1) is 17.1. The second-order valence-electron chi connectivity index (χ2n) is 5.45. The molecule has 25 heavy (non-hydrogen) atoms. The monoisotopic (exact) mass is 349 g/mol. The highest BCUT2D eigenvalue weighted by atomic mass is 32.2. The number of nitrogens with one attached hydrogen (secondary N) is 1. The third-order valence-corrected chi connectivity index (χ3v) is 4.77. The number of rotatable bonds is 6. The van der Waals surface area contributed by atoms with Crippen molar-refractivity contribution in [2.75, 3.05) is 12.4 Å². The van der Waals surface area contributed by atoms with Crippen LogP contribution in [0.25, 0.3) is 0 Å². The van der Waals surface area contributed by atoms with Crippen LogP contribution in [0.15, 0.2) is 83.8 Å². The van der Waals surface area contributed by atoms with Gasteiger partial charge in [-0.15, -0.1) is 11.8 Å². The zero-order valence-corrected chi connectivity index (χ0v) is 14.8. The lowest BCUT2D eigenvalue weighted by Crippen LogP contribution is -2.12. The summed E-state index contributed by atoms with van der Waals surface area (Å²) < 4.78 is 5.44. The molecule has 1 N–H and O–H groups in total. The molecular weight excluding hydrogens is 330 g/mol. The number of para-hydroxylation sites is 1. The fraction of sp³-hybridized carbons (Fsp3) is 0.0952. The quantitative estimate of drug-likeness (QED) is 0.619. The maximum Gasteiger partial charge on any atom is 0.255 e. The highest BCUT2D eigenvalue weighted by Crippen LogP contribution is 2.29. The van der Waals surface area contributed by atoms with Gasteiger partial charge in [-0.05, 0) is 42.5 Å². The van der Waals surface area contributed by atoms with E-state index < -0.39 is 0 Å². The lowest BCUT2D eigenvalue weighted by atomic mass is 10.1. The minimum atomic E-state index is -0.125. The zero-order chi connectivity index (χ0) is 17.5. The van der Waals surface area contributed by atoms with Crippen LogP contribution in [-0.2, 0) is 5.75 Å². The number of methoxy groups -OCH3 is 1. The number of hydrogen-bond donors (Lipinski definition) is 1. The Hall–Kier alpha value is -2.72. The molecule has 0 aliphatic rings. The Balaban J connectivity index is 1.76. The van der Waals surface area contributed by atoms with Crippen molar-refractivity contribution < 1.29 is 9.53 Å². The molecule has 0 spiro atoms. The Kier molecular flexibility index (Phi) is 5.75. The number of thioether (sulfide) groups is 1. The van der Waals surface area contributed by atoms with Crippen molar-refractivity contribution in [2.45, 2.75) is 10.6 Å². The van der Waals surface area contributed by atoms with Gasteiger partial charge in [-0.3, -0.25) is 4.79 Å². The molecule has 0 aliphatic carbocycles. The van der Waals surface area contributed by atoms with Crippen LogP contribution in [-0.4, -0.2) is 13.0 Å². The predicted molar refractivity (Wildman–Crippen MR) is 103 cm³/mol. The van der Waals surface area contributed by atoms with Crippen LogP contribution >= 0.6 is 11.8 Å². The van der Waals surface area contributed by atoms with Crippen LogP contribution in [0.1, 0.15) is 15.9 Å². The number of hydrogen-bond acceptors (Lipinski definition) is 3. The first-order valence-corrected chi connectivity index (χ1v) is 8.96. The topological polar surface area (TPSA) is 38.3 Å². The third-order valence-electron chi connectivity index (χ3n) is 3.71. The number of carbonyl (C=O) groups is 1. The predicted octanol–water partition coefficient (Wildman–Crippen LogP) is 5.24. The van der Waals surface area contributed by atoms with Crippen molar-refractivity contribution in [1.29, 1.82) is 0 Å². The maximum atomic E-state index is 12.5. The number of carbonyl (C=O) groups excluding carboxylic acids is 1. The van der Waals surface area contributed by atoms with E-state index in [2.05, 4.69) is 17.4 Å². The molecule has 126 valence electrons. The van der Waals surface area contributed by atoms with E-state index in [1.807, 2.05) is 60.7 Å². The van der Waals surface area contributed by atoms with E-state index >= 15 is 0 Å². The minimum Gasteiger partial charge on any atom is -0.496 e. The average Bonchev–Trinajstić information content (AvgIpc) is 2.67. The van der Waals surface area contributed by atoms with E-state index in [0.29, 0.717) is 5.56 Å². The van der Waals surface area contributed by atoms with Crippen molar-refractivity contribution in [3.8, 4) is 5.75 Å². The summed E-state index contributed by atoms with van der Waals surface area (Å²) in [5.41, 5.74) is 2.40. The SMILES string of the molecule is COc1ccc(C(=O)Nc2ccccc2)cc1CSc1ccccc1. The molecule has 0 heterocycles. The molecule has 1 amide bonds. The van der Waals surface area contributed by atoms with E-state index in [9.17, 15) is 4.79 Å². The fourth-order valence-electron chi connectivity index (χ4n) is 2.44. The van der Waals surface area contributed by atoms with Crippen LogP contribution in [0.5, 0.6) is 5.75 Å². The van der Waals surface area contributed by atoms with Crippen molar-refractivity contribution in [3.05, 3.63) is 90.0 Å². The molecule has 0 saturated carbocycles. The molecule has 4 heteroatoms. The Morgan fingerprint density at radius 2 is 1.64 bits per heavy atom. The van der Waals surface area contributed by atoms with Gasteiger partial charge < -0.3 is 10.1 Å². The fourth-order valence-corrected chi connectivity index (χ4v) is 3.33. The molecule has 0 fully saturated rings. The van der Waals surface area contributed by atoms with E-state index in [-0.39, 0.29) is 5.91 Å². The average molecular weight is 349 g/mol. The van der Waals surface area contributed by atoms with Gasteiger partial charge in [0.2, 0.25) is 0 Å². The van der Waals surface area contributed by atoms with Crippen molar-refractivity contribution in [2.24, 2.45) is 0 Å². The molecule has 3 rings (SSSR count). The molecule has 0 aliphatic heterocycles. The minimum absolute atomic E-state index is 0.125. The van der Waals surface area contributed by atoms with Crippen LogP contribution < -0.4 is 10.1 Å². The number of ether oxygens (including phenoxy) is 1. The Bertz CT molecular complexity index is 835. The van der Waals surface area contributed by atoms with Gasteiger partial charge in [0.1, 0.15) is 5.75 Å². The van der Waals surface area contributed by atoms with Crippen molar-refractivity contribution in [1.82, 2.24) is 0 Å². The highest BCUT2D eigenvalue weighted by molar-refractivity contribution is 7.98. The van der Waals surface area contributed by atoms with Gasteiger partial charge in [-0.25, -0.2) is 0 Å². The van der Waals surface area contributed by atoms with Gasteiger partial charge in [0.25, 0.3) is 5.91 Å². The molecular formula is C21H19NO2S. The summed E-state index contributed by atoms with van der Waals surface area (Å²) in [5.74, 6) is 1.40. The van der Waals surface area contributed by atoms with Gasteiger partial charge >= 0.3 is 0 Å². The van der Waals surface area contributed by atoms with E-state index in [4.69, 9.17) is 4.74 Å². The van der Waals surface area contributed by atoms with E-state index in [1.54, 1.807) is 24.9 Å². The molecule has 3 aromatic carbocycles. The second kappa shape index (κ2) is 8.40. The van der Waals surface area contributed by atoms with Crippen LogP contribution in [0, 0.1) is 0 Å². The first-order chi connectivity index (χ1) is 12.3. The summed E-state index contributed by atoms with van der Waals surface area (Å²) in [4.78, 5) is 13.7. The van der Waals surface area contributed by atoms with Gasteiger partial charge in [0.15, 0.2) is 0 Å². The summed E-state index contributed by atoms with van der Waals surface area (Å²) in [7, 11) is 1.65. The third kappa shape index (κ3) is 4.64. The number of benzene rings is 3. The van der Waals surface area contributed by atoms with E-state index in [0.717, 1.165) is 22.8 Å². The normalized spacial score (nSPS) is 10.3. The van der Waals surface area contributed by atoms with Crippen LogP contribution in [0.2, 0.25) is 0 Å². The summed E-state index contributed by atoms with van der Waals surface area (Å²) in [6, 6.07) is 25.2. The molecule has 0 aromatic heterocycles. The Morgan fingerprint density at radius 1 is 0.960 bits per heavy atom. The van der Waals surface area contributed by atoms with Gasteiger partial charge in [0, 0.05) is 27.5 Å². The lowest BCUT2D eigenvalue weighted by molar-refractivity contribution is 0.102. The molecule has 0 atom stereocenters. The molecule has 3 nitrogen and oxygen atoms in total. The smallest absolute Gasteiger partial charge is 0.255 e. The Labute approximate surface area is 152 Å². The first-order valence-electron chi connectivity index (χ1n) is 7.97. The van der Waals surface area contributed by atoms with Gasteiger partial charge in [-0.2, -0.15) is 0 Å². The second-order valence-corrected chi connectivity index (χ2v) is 6.50. The standard InChI is InChI=1S/C21H19NO2S/c1-24-20-13-12-16(21(23)22-18-8-4-2-5-9-18)14-17(20)15-25-19-10-6-3-7-11-19/h2-14H,15H2,1H3,(H,22,23). The van der Waals surface area contributed by atoms with E-state index in [1.165, 1.54) is 4.90 Å². The number of anilines is 1. The summed E-state index contributed by atoms with van der Waals surface area (Å²) >= 11 is 1.72. The summed E-state index contributed by atoms with van der Waals surface area (Å²) in [6.07, 6.45) is 0. The van der Waals surface area contributed by atoms with Gasteiger partial charge in [0.05, 0.1) is 7.11 Å². The molecule has 3 aromatic rings. The molecule has 0 bridgehead atoms. The maximum absolute atomic E-state index is 12.5. The highest BCUT2D eigenvalue weighted by Gasteiger charge is 2.11. The number of amides is 1. The molecule has 0 unspecified atom stereocenters. The molecule has 0 radical (unpaired) electrons. The Morgan fingerprint density at radius 3 is 2.32 bits per heavy atom. The van der Waals surface area contributed by atoms with Crippen molar-refractivity contribution in [3.63, 3.8) is 0 Å². The van der Waals surface area contributed by atoms with Crippen LogP contribution in [0.3, 0.4) is 0 Å². The largest absolute Gasteiger partial charge is 0.496 e. The summed E-state index contributed by atoms with van der Waals surface area (Å²) in [6.45, 7) is 0. The van der Waals surface area contributed by atoms with Crippen LogP contribution in [0.4, 0.5) is 5.69 Å². The lowest BCUT2D eigenvalue weighted by Gasteiger charge is -2.11. The zero-order valence-electron chi connectivity index (χ0n) is 13.9. The molecule has 0 saturated heterocycles. The summed E-state index contributed by atoms with van der Waals surface area (Å²) in [5, 5.41) is 2.91. The van der Waals surface area contributed by atoms with Gasteiger partial charge in [-0.1, -0.05) is 36.4 Å².